The summed E-state index contributed by atoms with van der Waals surface area (Å²) in [5.74, 6) is 1.26. The summed E-state index contributed by atoms with van der Waals surface area (Å²) < 4.78 is 27.4. The zero-order valence-corrected chi connectivity index (χ0v) is 16.3. The number of benzene rings is 1. The molecule has 2 atom stereocenters. The standard InChI is InChI=1S/C18H25N3O3S.ClH/c22-18(21-8-6-14-11-19-12-15(14)7-9-21)13-2-1-3-17(10-13)25(23,24)20-16-4-5-16;/h1-3,10,14-16,19-20H,4-9,11-12H2;1H/t14-,15+;. The van der Waals surface area contributed by atoms with Crippen molar-refractivity contribution in [2.24, 2.45) is 11.8 Å². The SMILES string of the molecule is Cl.O=C(c1cccc(S(=O)(=O)NC2CC2)c1)N1CC[C@@H]2CNC[C@@H]2CC1. The molecule has 3 fully saturated rings. The van der Waals surface area contributed by atoms with Gasteiger partial charge in [0.05, 0.1) is 4.90 Å². The summed E-state index contributed by atoms with van der Waals surface area (Å²) in [4.78, 5) is 14.9. The van der Waals surface area contributed by atoms with Crippen LogP contribution in [0.5, 0.6) is 0 Å². The fraction of sp³-hybridized carbons (Fsp3) is 0.611. The first-order valence-corrected chi connectivity index (χ1v) is 10.6. The Morgan fingerprint density at radius 3 is 2.35 bits per heavy atom. The molecule has 0 bridgehead atoms. The lowest BCUT2D eigenvalue weighted by Gasteiger charge is -2.21. The number of sulfonamides is 1. The van der Waals surface area contributed by atoms with Crippen LogP contribution in [0.2, 0.25) is 0 Å². The zero-order valence-electron chi connectivity index (χ0n) is 14.7. The molecular weight excluding hydrogens is 374 g/mol. The fourth-order valence-electron chi connectivity index (χ4n) is 3.89. The summed E-state index contributed by atoms with van der Waals surface area (Å²) >= 11 is 0. The van der Waals surface area contributed by atoms with E-state index in [1.54, 1.807) is 18.2 Å². The first kappa shape index (κ1) is 19.6. The Labute approximate surface area is 161 Å². The van der Waals surface area contributed by atoms with E-state index in [1.807, 2.05) is 4.90 Å². The molecule has 1 aromatic carbocycles. The Balaban J connectivity index is 0.00000196. The Hall–Kier alpha value is -1.15. The van der Waals surface area contributed by atoms with Gasteiger partial charge in [0.25, 0.3) is 5.91 Å². The van der Waals surface area contributed by atoms with Gasteiger partial charge in [0.2, 0.25) is 10.0 Å². The monoisotopic (exact) mass is 399 g/mol. The molecule has 1 aromatic rings. The Morgan fingerprint density at radius 2 is 1.73 bits per heavy atom. The molecule has 144 valence electrons. The largest absolute Gasteiger partial charge is 0.339 e. The van der Waals surface area contributed by atoms with Gasteiger partial charge < -0.3 is 10.2 Å². The average Bonchev–Trinajstić information content (AvgIpc) is 3.34. The fourth-order valence-corrected chi connectivity index (χ4v) is 5.24. The van der Waals surface area contributed by atoms with E-state index in [4.69, 9.17) is 0 Å². The molecular formula is C18H26ClN3O3S. The number of fused-ring (bicyclic) bond motifs is 1. The van der Waals surface area contributed by atoms with Gasteiger partial charge in [-0.05, 0) is 68.8 Å². The molecule has 6 nitrogen and oxygen atoms in total. The molecule has 0 spiro atoms. The van der Waals surface area contributed by atoms with Crippen molar-refractivity contribution < 1.29 is 13.2 Å². The van der Waals surface area contributed by atoms with E-state index in [0.717, 1.165) is 51.9 Å². The van der Waals surface area contributed by atoms with Crippen LogP contribution in [-0.4, -0.2) is 51.4 Å². The molecule has 4 rings (SSSR count). The highest BCUT2D eigenvalue weighted by Gasteiger charge is 2.32. The van der Waals surface area contributed by atoms with Crippen molar-refractivity contribution >= 4 is 28.3 Å². The van der Waals surface area contributed by atoms with E-state index in [1.165, 1.54) is 6.07 Å². The number of halogens is 1. The normalized spacial score (nSPS) is 25.9. The van der Waals surface area contributed by atoms with Crippen LogP contribution in [0.1, 0.15) is 36.0 Å². The number of carbonyl (C=O) groups is 1. The van der Waals surface area contributed by atoms with Gasteiger partial charge in [-0.15, -0.1) is 12.4 Å². The van der Waals surface area contributed by atoms with E-state index in [2.05, 4.69) is 10.0 Å². The molecule has 3 aliphatic rings. The topological polar surface area (TPSA) is 78.5 Å². The third-order valence-corrected chi connectivity index (χ3v) is 7.12. The van der Waals surface area contributed by atoms with Crippen molar-refractivity contribution in [3.05, 3.63) is 29.8 Å². The Kier molecular flexibility index (Phi) is 5.91. The summed E-state index contributed by atoms with van der Waals surface area (Å²) in [5.41, 5.74) is 0.462. The van der Waals surface area contributed by atoms with Gasteiger partial charge in [0.1, 0.15) is 0 Å². The number of nitrogens with one attached hydrogen (secondary N) is 2. The number of amides is 1. The van der Waals surface area contributed by atoms with E-state index in [0.29, 0.717) is 17.4 Å². The van der Waals surface area contributed by atoms with Crippen LogP contribution in [0.4, 0.5) is 0 Å². The van der Waals surface area contributed by atoms with Crippen molar-refractivity contribution in [3.63, 3.8) is 0 Å². The summed E-state index contributed by atoms with van der Waals surface area (Å²) in [5, 5.41) is 3.44. The molecule has 26 heavy (non-hydrogen) atoms. The maximum atomic E-state index is 12.9. The average molecular weight is 400 g/mol. The van der Waals surface area contributed by atoms with E-state index < -0.39 is 10.0 Å². The van der Waals surface area contributed by atoms with Gasteiger partial charge in [-0.3, -0.25) is 4.79 Å². The molecule has 2 heterocycles. The van der Waals surface area contributed by atoms with Crippen LogP contribution in [0.15, 0.2) is 29.2 Å². The van der Waals surface area contributed by atoms with E-state index >= 15 is 0 Å². The maximum absolute atomic E-state index is 12.9. The minimum atomic E-state index is -3.53. The predicted molar refractivity (Wildman–Crippen MR) is 102 cm³/mol. The Morgan fingerprint density at radius 1 is 1.08 bits per heavy atom. The van der Waals surface area contributed by atoms with Crippen LogP contribution in [-0.2, 0) is 10.0 Å². The minimum absolute atomic E-state index is 0. The molecule has 1 amide bonds. The third kappa shape index (κ3) is 4.22. The van der Waals surface area contributed by atoms with E-state index in [9.17, 15) is 13.2 Å². The first-order chi connectivity index (χ1) is 12.0. The van der Waals surface area contributed by atoms with Crippen molar-refractivity contribution in [3.8, 4) is 0 Å². The lowest BCUT2D eigenvalue weighted by molar-refractivity contribution is 0.0758. The smallest absolute Gasteiger partial charge is 0.253 e. The van der Waals surface area contributed by atoms with Gasteiger partial charge in [-0.1, -0.05) is 6.07 Å². The number of hydrogen-bond donors (Lipinski definition) is 2. The van der Waals surface area contributed by atoms with Crippen molar-refractivity contribution in [1.82, 2.24) is 14.9 Å². The molecule has 8 heteroatoms. The number of hydrogen-bond acceptors (Lipinski definition) is 4. The summed E-state index contributed by atoms with van der Waals surface area (Å²) in [7, 11) is -3.53. The minimum Gasteiger partial charge on any atom is -0.339 e. The highest BCUT2D eigenvalue weighted by atomic mass is 35.5. The van der Waals surface area contributed by atoms with Crippen LogP contribution < -0.4 is 10.0 Å². The molecule has 2 saturated heterocycles. The predicted octanol–water partition coefficient (Wildman–Crippen LogP) is 1.62. The van der Waals surface area contributed by atoms with Gasteiger partial charge in [-0.25, -0.2) is 13.1 Å². The first-order valence-electron chi connectivity index (χ1n) is 9.15. The second-order valence-electron chi connectivity index (χ2n) is 7.47. The van der Waals surface area contributed by atoms with Gasteiger partial charge in [0.15, 0.2) is 0 Å². The third-order valence-electron chi connectivity index (χ3n) is 5.60. The molecule has 2 N–H and O–H groups in total. The lowest BCUT2D eigenvalue weighted by Crippen LogP contribution is -2.33. The van der Waals surface area contributed by atoms with Gasteiger partial charge in [-0.2, -0.15) is 0 Å². The summed E-state index contributed by atoms with van der Waals surface area (Å²) in [6, 6.07) is 6.50. The van der Waals surface area contributed by atoms with Crippen LogP contribution in [0.25, 0.3) is 0 Å². The number of nitrogens with zero attached hydrogens (tertiary/aromatic N) is 1. The Bertz CT molecular complexity index is 753. The van der Waals surface area contributed by atoms with Gasteiger partial charge in [0, 0.05) is 24.7 Å². The molecule has 0 aromatic heterocycles. The summed E-state index contributed by atoms with van der Waals surface area (Å²) in [6.45, 7) is 3.60. The highest BCUT2D eigenvalue weighted by Crippen LogP contribution is 2.28. The summed E-state index contributed by atoms with van der Waals surface area (Å²) in [6.07, 6.45) is 3.82. The second kappa shape index (κ2) is 7.84. The zero-order chi connectivity index (χ0) is 17.4. The number of carbonyl (C=O) groups excluding carboxylic acids is 1. The highest BCUT2D eigenvalue weighted by molar-refractivity contribution is 7.89. The number of likely N-dealkylation sites (tertiary alicyclic amines) is 1. The molecule has 2 aliphatic heterocycles. The molecule has 0 unspecified atom stereocenters. The maximum Gasteiger partial charge on any atom is 0.253 e. The van der Waals surface area contributed by atoms with Gasteiger partial charge >= 0.3 is 0 Å². The van der Waals surface area contributed by atoms with Crippen LogP contribution in [0.3, 0.4) is 0 Å². The second-order valence-corrected chi connectivity index (χ2v) is 9.19. The lowest BCUT2D eigenvalue weighted by atomic mass is 9.92. The van der Waals surface area contributed by atoms with E-state index in [-0.39, 0.29) is 29.3 Å². The molecule has 1 aliphatic carbocycles. The van der Waals surface area contributed by atoms with Crippen LogP contribution in [0, 0.1) is 11.8 Å². The quantitative estimate of drug-likeness (QED) is 0.806. The van der Waals surface area contributed by atoms with Crippen molar-refractivity contribution in [2.45, 2.75) is 36.6 Å². The number of rotatable bonds is 4. The van der Waals surface area contributed by atoms with Crippen molar-refractivity contribution in [2.75, 3.05) is 26.2 Å². The van der Waals surface area contributed by atoms with Crippen LogP contribution >= 0.6 is 12.4 Å². The molecule has 1 saturated carbocycles. The van der Waals surface area contributed by atoms with Crippen molar-refractivity contribution in [1.29, 1.82) is 0 Å². The molecule has 0 radical (unpaired) electrons.